The van der Waals surface area contributed by atoms with Crippen molar-refractivity contribution in [1.29, 1.82) is 0 Å². The van der Waals surface area contributed by atoms with Gasteiger partial charge in [-0.1, -0.05) is 36.4 Å². The summed E-state index contributed by atoms with van der Waals surface area (Å²) in [6.07, 6.45) is 4.75. The number of halogens is 1. The number of aryl methyl sites for hydroxylation is 2. The number of nitrogens with one attached hydrogen (secondary N) is 1. The Morgan fingerprint density at radius 3 is 2.71 bits per heavy atom. The Bertz CT molecular complexity index is 1320. The summed E-state index contributed by atoms with van der Waals surface area (Å²) in [4.78, 5) is 12.0. The summed E-state index contributed by atoms with van der Waals surface area (Å²) in [7, 11) is 0. The van der Waals surface area contributed by atoms with E-state index < -0.39 is 5.66 Å². The van der Waals surface area contributed by atoms with Gasteiger partial charge in [-0.3, -0.25) is 0 Å². The first-order chi connectivity index (χ1) is 15.1. The zero-order chi connectivity index (χ0) is 21.0. The van der Waals surface area contributed by atoms with Crippen LogP contribution in [0.2, 0.25) is 0 Å². The molecular weight excluding hydrogens is 387 g/mol. The quantitative estimate of drug-likeness (QED) is 0.494. The molecule has 0 saturated heterocycles. The van der Waals surface area contributed by atoms with Crippen molar-refractivity contribution >= 4 is 22.5 Å². The Kier molecular flexibility index (Phi) is 4.00. The Morgan fingerprint density at radius 2 is 1.84 bits per heavy atom. The third kappa shape index (κ3) is 2.80. The number of anilines is 2. The molecule has 6 rings (SSSR count). The predicted octanol–water partition coefficient (Wildman–Crippen LogP) is 5.35. The second-order valence-corrected chi connectivity index (χ2v) is 8.53. The molecule has 3 aromatic carbocycles. The molecule has 1 aromatic heterocycles. The van der Waals surface area contributed by atoms with Crippen molar-refractivity contribution in [3.05, 3.63) is 94.9 Å². The van der Waals surface area contributed by atoms with Crippen LogP contribution in [0.4, 0.5) is 16.0 Å². The normalized spacial score (nSPS) is 19.5. The van der Waals surface area contributed by atoms with Gasteiger partial charge in [-0.15, -0.1) is 0 Å². The van der Waals surface area contributed by atoms with E-state index in [1.165, 1.54) is 22.8 Å². The maximum atomic E-state index is 13.8. The molecule has 1 aliphatic heterocycles. The first-order valence-corrected chi connectivity index (χ1v) is 10.8. The number of rotatable bonds is 3. The average molecular weight is 410 g/mol. The van der Waals surface area contributed by atoms with Crippen molar-refractivity contribution in [2.45, 2.75) is 31.8 Å². The van der Waals surface area contributed by atoms with Crippen molar-refractivity contribution in [1.82, 2.24) is 9.97 Å². The molecule has 0 amide bonds. The lowest BCUT2D eigenvalue weighted by molar-refractivity contribution is 0.421. The second-order valence-electron chi connectivity index (χ2n) is 8.53. The minimum absolute atomic E-state index is 0.216. The van der Waals surface area contributed by atoms with Crippen LogP contribution in [0.3, 0.4) is 0 Å². The van der Waals surface area contributed by atoms with Crippen molar-refractivity contribution in [3.8, 4) is 0 Å². The highest BCUT2D eigenvalue weighted by Gasteiger charge is 2.48. The van der Waals surface area contributed by atoms with E-state index in [1.807, 2.05) is 43.5 Å². The smallest absolute Gasteiger partial charge is 0.228 e. The monoisotopic (exact) mass is 410 g/mol. The SMILES string of the molecule is Cc1cc(F)ccc1NC12CCc3cccc(c31)CCN2c1ncc2ccccc2n1. The number of aromatic nitrogens is 2. The maximum Gasteiger partial charge on any atom is 0.228 e. The molecule has 1 N–H and O–H groups in total. The topological polar surface area (TPSA) is 41.0 Å². The zero-order valence-corrected chi connectivity index (χ0v) is 17.4. The zero-order valence-electron chi connectivity index (χ0n) is 17.4. The van der Waals surface area contributed by atoms with Gasteiger partial charge in [0.1, 0.15) is 11.5 Å². The van der Waals surface area contributed by atoms with E-state index in [2.05, 4.69) is 28.4 Å². The van der Waals surface area contributed by atoms with Crippen molar-refractivity contribution < 1.29 is 4.39 Å². The van der Waals surface area contributed by atoms with Crippen LogP contribution in [-0.2, 0) is 18.5 Å². The standard InChI is InChI=1S/C26H23FN4/c1-17-15-21(27)9-10-22(17)30-26-13-11-18-6-4-7-19(24(18)26)12-14-31(26)25-28-16-20-5-2-3-8-23(20)29-25/h2-10,15-16,30H,11-14H2,1H3. The van der Waals surface area contributed by atoms with Gasteiger partial charge in [-0.2, -0.15) is 0 Å². The highest BCUT2D eigenvalue weighted by molar-refractivity contribution is 5.79. The molecule has 2 aliphatic rings. The fourth-order valence-corrected chi connectivity index (χ4v) is 5.28. The van der Waals surface area contributed by atoms with Crippen LogP contribution >= 0.6 is 0 Å². The van der Waals surface area contributed by atoms with Crippen molar-refractivity contribution in [2.24, 2.45) is 0 Å². The first-order valence-electron chi connectivity index (χ1n) is 10.8. The van der Waals surface area contributed by atoms with E-state index in [9.17, 15) is 4.39 Å². The minimum Gasteiger partial charge on any atom is -0.359 e. The van der Waals surface area contributed by atoms with E-state index in [-0.39, 0.29) is 5.82 Å². The molecule has 5 heteroatoms. The van der Waals surface area contributed by atoms with E-state index in [4.69, 9.17) is 9.97 Å². The molecule has 31 heavy (non-hydrogen) atoms. The number of hydrogen-bond donors (Lipinski definition) is 1. The van der Waals surface area contributed by atoms with E-state index >= 15 is 0 Å². The summed E-state index contributed by atoms with van der Waals surface area (Å²) >= 11 is 0. The predicted molar refractivity (Wildman–Crippen MR) is 122 cm³/mol. The van der Waals surface area contributed by atoms with Gasteiger partial charge in [-0.05, 0) is 67.1 Å². The van der Waals surface area contributed by atoms with Crippen LogP contribution in [0.25, 0.3) is 10.9 Å². The minimum atomic E-state index is -0.449. The van der Waals surface area contributed by atoms with Crippen LogP contribution in [0.5, 0.6) is 0 Å². The lowest BCUT2D eigenvalue weighted by atomic mass is 9.88. The Hall–Kier alpha value is -3.47. The first kappa shape index (κ1) is 18.3. The van der Waals surface area contributed by atoms with Crippen LogP contribution in [-0.4, -0.2) is 16.5 Å². The van der Waals surface area contributed by atoms with E-state index in [1.54, 1.807) is 6.07 Å². The van der Waals surface area contributed by atoms with Crippen LogP contribution in [0.1, 0.15) is 28.7 Å². The number of para-hydroxylation sites is 1. The number of fused-ring (bicyclic) bond motifs is 1. The highest BCUT2D eigenvalue weighted by Crippen LogP contribution is 2.48. The van der Waals surface area contributed by atoms with Gasteiger partial charge in [0.25, 0.3) is 0 Å². The van der Waals surface area contributed by atoms with Gasteiger partial charge in [0.15, 0.2) is 0 Å². The van der Waals surface area contributed by atoms with Crippen LogP contribution < -0.4 is 10.2 Å². The maximum absolute atomic E-state index is 13.8. The molecule has 1 atom stereocenters. The Balaban J connectivity index is 1.53. The van der Waals surface area contributed by atoms with Crippen molar-refractivity contribution in [2.75, 3.05) is 16.8 Å². The van der Waals surface area contributed by atoms with Crippen LogP contribution in [0, 0.1) is 12.7 Å². The third-order valence-corrected chi connectivity index (χ3v) is 6.72. The van der Waals surface area contributed by atoms with Gasteiger partial charge in [-0.25, -0.2) is 14.4 Å². The van der Waals surface area contributed by atoms with Gasteiger partial charge in [0, 0.05) is 29.4 Å². The molecule has 4 nitrogen and oxygen atoms in total. The molecule has 0 saturated carbocycles. The molecule has 154 valence electrons. The summed E-state index contributed by atoms with van der Waals surface area (Å²) < 4.78 is 13.8. The summed E-state index contributed by atoms with van der Waals surface area (Å²) in [6, 6.07) is 19.6. The Labute approximate surface area is 180 Å². The highest BCUT2D eigenvalue weighted by atomic mass is 19.1. The van der Waals surface area contributed by atoms with E-state index in [0.29, 0.717) is 0 Å². The third-order valence-electron chi connectivity index (χ3n) is 6.72. The van der Waals surface area contributed by atoms with Gasteiger partial charge in [0.2, 0.25) is 5.95 Å². The summed E-state index contributed by atoms with van der Waals surface area (Å²) in [5, 5.41) is 4.86. The Morgan fingerprint density at radius 1 is 1.00 bits per heavy atom. The number of benzene rings is 3. The molecule has 0 radical (unpaired) electrons. The lowest BCUT2D eigenvalue weighted by Crippen LogP contribution is -2.55. The molecule has 1 aliphatic carbocycles. The fourth-order valence-electron chi connectivity index (χ4n) is 5.28. The largest absolute Gasteiger partial charge is 0.359 e. The number of nitrogens with zero attached hydrogens (tertiary/aromatic N) is 3. The molecule has 2 heterocycles. The fraction of sp³-hybridized carbons (Fsp3) is 0.231. The molecule has 0 spiro atoms. The lowest BCUT2D eigenvalue weighted by Gasteiger charge is -2.47. The molecule has 0 bridgehead atoms. The summed E-state index contributed by atoms with van der Waals surface area (Å²) in [6.45, 7) is 2.77. The van der Waals surface area contributed by atoms with Crippen molar-refractivity contribution in [3.63, 3.8) is 0 Å². The molecule has 1 unspecified atom stereocenters. The molecular formula is C26H23FN4. The average Bonchev–Trinajstić information content (AvgIpc) is 3.17. The molecule has 0 fully saturated rings. The molecule has 4 aromatic rings. The number of hydrogen-bond acceptors (Lipinski definition) is 4. The van der Waals surface area contributed by atoms with Crippen LogP contribution in [0.15, 0.2) is 66.9 Å². The van der Waals surface area contributed by atoms with Gasteiger partial charge in [0.05, 0.1) is 5.52 Å². The summed E-state index contributed by atoms with van der Waals surface area (Å²) in [5.41, 5.74) is 6.41. The van der Waals surface area contributed by atoms with Gasteiger partial charge < -0.3 is 10.2 Å². The summed E-state index contributed by atoms with van der Waals surface area (Å²) in [5.74, 6) is 0.514. The van der Waals surface area contributed by atoms with Gasteiger partial charge >= 0.3 is 0 Å². The van der Waals surface area contributed by atoms with E-state index in [0.717, 1.165) is 53.9 Å². The second kappa shape index (κ2) is 6.77.